The number of hydrogen-bond donors (Lipinski definition) is 0. The highest BCUT2D eigenvalue weighted by molar-refractivity contribution is 7.71. The van der Waals surface area contributed by atoms with Gasteiger partial charge in [-0.3, -0.25) is 14.5 Å². The van der Waals surface area contributed by atoms with Gasteiger partial charge >= 0.3 is 0 Å². The van der Waals surface area contributed by atoms with Crippen molar-refractivity contribution in [2.75, 3.05) is 6.54 Å². The van der Waals surface area contributed by atoms with Crippen LogP contribution in [-0.4, -0.2) is 30.8 Å². The Labute approximate surface area is 161 Å². The van der Waals surface area contributed by atoms with Crippen LogP contribution < -0.4 is 0 Å². The van der Waals surface area contributed by atoms with Crippen molar-refractivity contribution in [1.82, 2.24) is 24.2 Å². The Morgan fingerprint density at radius 3 is 2.85 bits per heavy atom. The van der Waals surface area contributed by atoms with E-state index in [1.807, 2.05) is 28.3 Å². The molecule has 0 spiro atoms. The molecule has 134 valence electrons. The Balaban J connectivity index is 1.49. The molecule has 1 aliphatic carbocycles. The van der Waals surface area contributed by atoms with Crippen molar-refractivity contribution >= 4 is 23.6 Å². The average Bonchev–Trinajstić information content (AvgIpc) is 3.07. The summed E-state index contributed by atoms with van der Waals surface area (Å²) < 4.78 is 5.09. The Morgan fingerprint density at radius 2 is 2.12 bits per heavy atom. The third kappa shape index (κ3) is 2.94. The van der Waals surface area contributed by atoms with Crippen molar-refractivity contribution in [2.24, 2.45) is 0 Å². The minimum absolute atomic E-state index is 0.491. The van der Waals surface area contributed by atoms with E-state index in [2.05, 4.69) is 38.0 Å². The first kappa shape index (κ1) is 16.4. The second-order valence-electron chi connectivity index (χ2n) is 7.08. The number of thiophene rings is 1. The van der Waals surface area contributed by atoms with Gasteiger partial charge in [-0.25, -0.2) is 4.68 Å². The topological polar surface area (TPSA) is 38.9 Å². The number of hydrogen-bond acceptors (Lipinski definition) is 5. The highest BCUT2D eigenvalue weighted by atomic mass is 32.1. The van der Waals surface area contributed by atoms with Crippen LogP contribution in [0.15, 0.2) is 42.0 Å². The van der Waals surface area contributed by atoms with Gasteiger partial charge in [0.1, 0.15) is 0 Å². The predicted molar refractivity (Wildman–Crippen MR) is 106 cm³/mol. The molecule has 2 fully saturated rings. The number of aromatic nitrogens is 4. The van der Waals surface area contributed by atoms with Crippen LogP contribution in [0, 0.1) is 4.77 Å². The van der Waals surface area contributed by atoms with Crippen molar-refractivity contribution in [1.29, 1.82) is 0 Å². The number of pyridine rings is 1. The zero-order valence-electron chi connectivity index (χ0n) is 14.5. The molecular formula is C19H21N5S2. The van der Waals surface area contributed by atoms with Crippen LogP contribution in [0.25, 0.3) is 11.4 Å². The van der Waals surface area contributed by atoms with Gasteiger partial charge in [-0.05, 0) is 61.5 Å². The molecule has 1 atom stereocenters. The molecule has 1 aliphatic heterocycles. The van der Waals surface area contributed by atoms with Crippen LogP contribution in [0.3, 0.4) is 0 Å². The maximum Gasteiger partial charge on any atom is 0.199 e. The normalized spacial score (nSPS) is 20.7. The molecule has 3 aromatic rings. The van der Waals surface area contributed by atoms with Crippen molar-refractivity contribution in [3.63, 3.8) is 0 Å². The summed E-state index contributed by atoms with van der Waals surface area (Å²) in [6.45, 7) is 1.86. The highest BCUT2D eigenvalue weighted by Crippen LogP contribution is 2.39. The smallest absolute Gasteiger partial charge is 0.199 e. The molecule has 4 heterocycles. The van der Waals surface area contributed by atoms with Gasteiger partial charge in [0.25, 0.3) is 0 Å². The Kier molecular flexibility index (Phi) is 4.23. The first-order valence-electron chi connectivity index (χ1n) is 9.18. The van der Waals surface area contributed by atoms with Crippen molar-refractivity contribution in [2.45, 2.75) is 44.4 Å². The molecule has 1 saturated heterocycles. The van der Waals surface area contributed by atoms with Crippen LogP contribution in [0.1, 0.15) is 42.6 Å². The van der Waals surface area contributed by atoms with Crippen LogP contribution in [0.2, 0.25) is 0 Å². The van der Waals surface area contributed by atoms with E-state index in [1.165, 1.54) is 30.6 Å². The fourth-order valence-corrected chi connectivity index (χ4v) is 5.07. The lowest BCUT2D eigenvalue weighted by Crippen LogP contribution is -2.26. The fourth-order valence-electron chi connectivity index (χ4n) is 3.84. The molecule has 3 aromatic heterocycles. The lowest BCUT2D eigenvalue weighted by molar-refractivity contribution is 0.192. The molecule has 7 heteroatoms. The second kappa shape index (κ2) is 6.72. The van der Waals surface area contributed by atoms with Crippen LogP contribution in [-0.2, 0) is 6.67 Å². The van der Waals surface area contributed by atoms with Gasteiger partial charge in [0, 0.05) is 41.5 Å². The summed E-state index contributed by atoms with van der Waals surface area (Å²) in [5.74, 6) is 0.956. The molecule has 0 N–H and O–H groups in total. The summed E-state index contributed by atoms with van der Waals surface area (Å²) in [7, 11) is 0. The predicted octanol–water partition coefficient (Wildman–Crippen LogP) is 4.67. The van der Waals surface area contributed by atoms with Crippen LogP contribution in [0.5, 0.6) is 0 Å². The van der Waals surface area contributed by atoms with E-state index in [0.717, 1.165) is 29.4 Å². The second-order valence-corrected chi connectivity index (χ2v) is 8.42. The largest absolute Gasteiger partial charge is 0.297 e. The summed E-state index contributed by atoms with van der Waals surface area (Å²) in [4.78, 5) is 8.22. The summed E-state index contributed by atoms with van der Waals surface area (Å²) in [6.07, 6.45) is 8.50. The third-order valence-corrected chi connectivity index (χ3v) is 6.63. The van der Waals surface area contributed by atoms with E-state index in [-0.39, 0.29) is 0 Å². The summed E-state index contributed by atoms with van der Waals surface area (Å²) in [5, 5.41) is 7.08. The third-order valence-electron chi connectivity index (χ3n) is 5.25. The first-order chi connectivity index (χ1) is 12.8. The highest BCUT2D eigenvalue weighted by Gasteiger charge is 2.31. The lowest BCUT2D eigenvalue weighted by Gasteiger charge is -2.23. The van der Waals surface area contributed by atoms with Gasteiger partial charge in [-0.1, -0.05) is 6.07 Å². The van der Waals surface area contributed by atoms with E-state index in [1.54, 1.807) is 6.20 Å². The summed E-state index contributed by atoms with van der Waals surface area (Å²) in [5.41, 5.74) is 1.04. The van der Waals surface area contributed by atoms with Crippen molar-refractivity contribution in [3.8, 4) is 11.4 Å². The van der Waals surface area contributed by atoms with Gasteiger partial charge in [0.2, 0.25) is 0 Å². The van der Waals surface area contributed by atoms with Crippen LogP contribution >= 0.6 is 23.6 Å². The van der Waals surface area contributed by atoms with Crippen LogP contribution in [0.4, 0.5) is 0 Å². The van der Waals surface area contributed by atoms with E-state index in [9.17, 15) is 0 Å². The summed E-state index contributed by atoms with van der Waals surface area (Å²) >= 11 is 7.67. The number of likely N-dealkylation sites (tertiary alicyclic amines) is 1. The molecule has 2 aliphatic rings. The molecule has 5 nitrogen and oxygen atoms in total. The molecular weight excluding hydrogens is 362 g/mol. The zero-order chi connectivity index (χ0) is 17.5. The molecule has 1 saturated carbocycles. The van der Waals surface area contributed by atoms with E-state index in [4.69, 9.17) is 17.3 Å². The fraction of sp³-hybridized carbons (Fsp3) is 0.421. The monoisotopic (exact) mass is 383 g/mol. The standard InChI is InChI=1S/C19H21N5S2/c25-19-23(13-22-10-2-5-16(22)17-6-3-11-26-17)21-18(24(19)15-7-8-15)14-4-1-9-20-12-14/h1,3-4,6,9,11-12,15-16H,2,5,7-8,10,13H2/t16-/m1/s1. The lowest BCUT2D eigenvalue weighted by atomic mass is 10.2. The number of rotatable bonds is 5. The van der Waals surface area contributed by atoms with Gasteiger partial charge in [0.05, 0.1) is 6.67 Å². The van der Waals surface area contributed by atoms with Gasteiger partial charge < -0.3 is 0 Å². The maximum absolute atomic E-state index is 5.82. The SMILES string of the molecule is S=c1n(CN2CCC[C@@H]2c2cccs2)nc(-c2cccnc2)n1C1CC1. The quantitative estimate of drug-likeness (QED) is 0.600. The molecule has 26 heavy (non-hydrogen) atoms. The Bertz CT molecular complexity index is 940. The molecule has 0 unspecified atom stereocenters. The maximum atomic E-state index is 5.82. The molecule has 0 bridgehead atoms. The minimum atomic E-state index is 0.491. The first-order valence-corrected chi connectivity index (χ1v) is 10.5. The molecule has 0 aromatic carbocycles. The van der Waals surface area contributed by atoms with E-state index < -0.39 is 0 Å². The van der Waals surface area contributed by atoms with Gasteiger partial charge in [-0.15, -0.1) is 11.3 Å². The van der Waals surface area contributed by atoms with Crippen molar-refractivity contribution in [3.05, 3.63) is 51.7 Å². The van der Waals surface area contributed by atoms with Crippen molar-refractivity contribution < 1.29 is 0 Å². The van der Waals surface area contributed by atoms with E-state index in [0.29, 0.717) is 12.1 Å². The molecule has 0 radical (unpaired) electrons. The summed E-state index contributed by atoms with van der Waals surface area (Å²) in [6, 6.07) is 9.41. The zero-order valence-corrected chi connectivity index (χ0v) is 16.1. The van der Waals surface area contributed by atoms with Gasteiger partial charge in [-0.2, -0.15) is 5.10 Å². The molecule has 0 amide bonds. The Morgan fingerprint density at radius 1 is 1.19 bits per heavy atom. The van der Waals surface area contributed by atoms with Gasteiger partial charge in [0.15, 0.2) is 10.6 Å². The number of nitrogens with zero attached hydrogens (tertiary/aromatic N) is 5. The Hall–Kier alpha value is -1.83. The minimum Gasteiger partial charge on any atom is -0.297 e. The average molecular weight is 384 g/mol. The molecule has 5 rings (SSSR count). The van der Waals surface area contributed by atoms with E-state index >= 15 is 0 Å².